The van der Waals surface area contributed by atoms with Gasteiger partial charge in [-0.3, -0.25) is 28.9 Å². The zero-order valence-corrected chi connectivity index (χ0v) is 21.2. The van der Waals surface area contributed by atoms with Crippen LogP contribution in [0.4, 0.5) is 4.79 Å². The van der Waals surface area contributed by atoms with E-state index in [-0.39, 0.29) is 19.1 Å². The number of aliphatic hydroxyl groups is 3. The highest BCUT2D eigenvalue weighted by Gasteiger charge is 2.35. The summed E-state index contributed by atoms with van der Waals surface area (Å²) in [6.07, 6.45) is -7.36. The zero-order chi connectivity index (χ0) is 29.6. The molecule has 0 aliphatic heterocycles. The van der Waals surface area contributed by atoms with Crippen LogP contribution in [0.15, 0.2) is 0 Å². The molecule has 216 valence electrons. The molecule has 0 saturated carbocycles. The number of nitrogens with two attached hydrogens (primary N) is 1. The normalized spacial score (nSPS) is 15.5. The Hall–Kier alpha value is -3.67. The highest BCUT2D eigenvalue weighted by molar-refractivity contribution is 5.93. The maximum Gasteiger partial charge on any atom is 0.413 e. The predicted molar refractivity (Wildman–Crippen MR) is 126 cm³/mol. The van der Waals surface area contributed by atoms with Gasteiger partial charge in [-0.25, -0.2) is 4.79 Å². The van der Waals surface area contributed by atoms with Crippen LogP contribution in [0.2, 0.25) is 0 Å². The van der Waals surface area contributed by atoms with Crippen LogP contribution in [0.25, 0.3) is 0 Å². The molecule has 9 N–H and O–H groups in total. The van der Waals surface area contributed by atoms with Crippen LogP contribution in [0.1, 0.15) is 33.1 Å². The first-order valence-electron chi connectivity index (χ1n) is 11.4. The first-order valence-corrected chi connectivity index (χ1v) is 11.4. The smallest absolute Gasteiger partial charge is 0.413 e. The minimum Gasteiger partial charge on any atom is -0.465 e. The Morgan fingerprint density at radius 2 is 1.66 bits per heavy atom. The lowest BCUT2D eigenvalue weighted by atomic mass is 10.0. The van der Waals surface area contributed by atoms with Gasteiger partial charge in [0.05, 0.1) is 6.61 Å². The maximum atomic E-state index is 12.6. The average Bonchev–Trinajstić information content (AvgIpc) is 2.86. The van der Waals surface area contributed by atoms with Gasteiger partial charge in [-0.15, -0.1) is 0 Å². The molecule has 0 aliphatic carbocycles. The summed E-state index contributed by atoms with van der Waals surface area (Å²) in [5.74, 6) is -4.32. The van der Waals surface area contributed by atoms with Gasteiger partial charge in [-0.05, 0) is 12.8 Å². The largest absolute Gasteiger partial charge is 0.465 e. The van der Waals surface area contributed by atoms with Gasteiger partial charge in [0, 0.05) is 20.4 Å². The molecule has 0 spiro atoms. The molecule has 17 heteroatoms. The summed E-state index contributed by atoms with van der Waals surface area (Å²) in [6.45, 7) is 0.803. The number of carbonyl (C=O) groups excluding carboxylic acids is 6. The Labute approximate surface area is 217 Å². The van der Waals surface area contributed by atoms with Crippen molar-refractivity contribution in [3.05, 3.63) is 0 Å². The number of nitrogens with zero attached hydrogens (tertiary/aromatic N) is 1. The van der Waals surface area contributed by atoms with E-state index in [9.17, 15) is 43.8 Å². The highest BCUT2D eigenvalue weighted by Crippen LogP contribution is 2.10. The second-order valence-electron chi connectivity index (χ2n) is 8.14. The summed E-state index contributed by atoms with van der Waals surface area (Å²) >= 11 is 0. The molecule has 38 heavy (non-hydrogen) atoms. The summed E-state index contributed by atoms with van der Waals surface area (Å²) in [5.41, 5.74) is 5.25. The van der Waals surface area contributed by atoms with Gasteiger partial charge in [0.2, 0.25) is 29.5 Å². The van der Waals surface area contributed by atoms with Crippen molar-refractivity contribution in [1.82, 2.24) is 20.9 Å². The fraction of sp³-hybridized carbons (Fsp3) is 0.667. The van der Waals surface area contributed by atoms with Crippen LogP contribution in [0, 0.1) is 0 Å². The molecule has 0 aliphatic rings. The number of hydrogen-bond donors (Lipinski definition) is 8. The lowest BCUT2D eigenvalue weighted by Gasteiger charge is -2.30. The lowest BCUT2D eigenvalue weighted by molar-refractivity contribution is -0.146. The second-order valence-corrected chi connectivity index (χ2v) is 8.14. The van der Waals surface area contributed by atoms with Gasteiger partial charge in [-0.1, -0.05) is 6.92 Å². The van der Waals surface area contributed by atoms with Gasteiger partial charge in [-0.2, -0.15) is 0 Å². The predicted octanol–water partition coefficient (Wildman–Crippen LogP) is -4.43. The Balaban J connectivity index is 5.27. The third kappa shape index (κ3) is 11.6. The zero-order valence-electron chi connectivity index (χ0n) is 21.2. The molecule has 6 amide bonds. The van der Waals surface area contributed by atoms with Crippen molar-refractivity contribution in [2.75, 3.05) is 20.3 Å². The summed E-state index contributed by atoms with van der Waals surface area (Å²) in [5, 5.41) is 44.5. The fourth-order valence-corrected chi connectivity index (χ4v) is 3.03. The Bertz CT molecular complexity index is 870. The Kier molecular flexibility index (Phi) is 15.3. The number of rotatable bonds is 17. The fourth-order valence-electron chi connectivity index (χ4n) is 3.03. The number of carbonyl (C=O) groups is 7. The topological polar surface area (TPSA) is 275 Å². The minimum absolute atomic E-state index is 0.0157. The molecule has 0 rings (SSSR count). The number of ether oxygens (including phenoxy) is 1. The highest BCUT2D eigenvalue weighted by atomic mass is 16.5. The van der Waals surface area contributed by atoms with Crippen molar-refractivity contribution < 1.29 is 58.7 Å². The van der Waals surface area contributed by atoms with Crippen molar-refractivity contribution >= 4 is 41.9 Å². The molecule has 2 unspecified atom stereocenters. The molecule has 17 nitrogen and oxygen atoms in total. The molecule has 0 fully saturated rings. The third-order valence-corrected chi connectivity index (χ3v) is 5.22. The number of aldehydes is 1. The molecular formula is C21H35N5O12. The van der Waals surface area contributed by atoms with Crippen LogP contribution in [0.3, 0.4) is 0 Å². The first-order chi connectivity index (χ1) is 17.7. The van der Waals surface area contributed by atoms with Crippen molar-refractivity contribution in [2.45, 2.75) is 69.5 Å². The van der Waals surface area contributed by atoms with Crippen molar-refractivity contribution in [1.29, 1.82) is 0 Å². The lowest BCUT2D eigenvalue weighted by Crippen LogP contribution is -2.56. The van der Waals surface area contributed by atoms with E-state index in [4.69, 9.17) is 20.7 Å². The van der Waals surface area contributed by atoms with Crippen molar-refractivity contribution in [2.24, 2.45) is 5.73 Å². The molecule has 0 aromatic rings. The van der Waals surface area contributed by atoms with Gasteiger partial charge >= 0.3 is 6.09 Å². The molecule has 0 aromatic heterocycles. The van der Waals surface area contributed by atoms with E-state index >= 15 is 0 Å². The third-order valence-electron chi connectivity index (χ3n) is 5.22. The SMILES string of the molecule is CCC(NC(=O)CO[C@@H]([C@H](O)[C@H](O)CO)[C@H](C=O)NC(C)=O)C(=O)NC(CCC(=O)N(C)C(=O)O)C(N)=O. The van der Waals surface area contributed by atoms with Crippen LogP contribution in [-0.2, 0) is 33.5 Å². The van der Waals surface area contributed by atoms with Gasteiger partial charge in [0.1, 0.15) is 49.3 Å². The number of imide groups is 1. The monoisotopic (exact) mass is 549 g/mol. The Morgan fingerprint density at radius 1 is 1.05 bits per heavy atom. The quantitative estimate of drug-likeness (QED) is 0.0798. The van der Waals surface area contributed by atoms with Crippen molar-refractivity contribution in [3.63, 3.8) is 0 Å². The van der Waals surface area contributed by atoms with E-state index in [1.54, 1.807) is 0 Å². The molecule has 6 atom stereocenters. The Morgan fingerprint density at radius 3 is 2.11 bits per heavy atom. The van der Waals surface area contributed by atoms with Crippen LogP contribution in [0.5, 0.6) is 0 Å². The minimum atomic E-state index is -1.89. The van der Waals surface area contributed by atoms with Crippen LogP contribution < -0.4 is 21.7 Å². The standard InChI is InChI=1S/C21H35N5O12/c1-4-11(20(35)25-12(19(22)34)5-6-16(32)26(3)21(36)37)24-15(31)9-38-18(17(33)14(30)8-28)13(7-27)23-10(2)29/h7,11-14,17-18,28,30,33H,4-6,8-9H2,1-3H3,(H2,22,34)(H,23,29)(H,24,31)(H,25,35)(H,36,37)/t11?,12?,13-,14+,17+,18+/m0/s1. The summed E-state index contributed by atoms with van der Waals surface area (Å²) < 4.78 is 5.22. The molecule has 0 bridgehead atoms. The molecular weight excluding hydrogens is 514 g/mol. The van der Waals surface area contributed by atoms with Crippen molar-refractivity contribution in [3.8, 4) is 0 Å². The van der Waals surface area contributed by atoms with Crippen LogP contribution >= 0.6 is 0 Å². The summed E-state index contributed by atoms with van der Waals surface area (Å²) in [4.78, 5) is 82.5. The van der Waals surface area contributed by atoms with Gasteiger partial charge < -0.3 is 51.6 Å². The molecule has 0 aromatic carbocycles. The summed E-state index contributed by atoms with van der Waals surface area (Å²) in [6, 6.07) is -4.09. The number of hydrogen-bond acceptors (Lipinski definition) is 11. The van der Waals surface area contributed by atoms with Gasteiger partial charge in [0.15, 0.2) is 0 Å². The van der Waals surface area contributed by atoms with E-state index in [0.717, 1.165) is 14.0 Å². The number of nitrogens with one attached hydrogen (secondary N) is 3. The van der Waals surface area contributed by atoms with E-state index in [0.29, 0.717) is 4.90 Å². The molecule has 0 heterocycles. The number of primary amides is 1. The number of carboxylic acid groups (broad SMARTS) is 1. The number of amides is 6. The first kappa shape index (κ1) is 34.3. The van der Waals surface area contributed by atoms with E-state index in [1.807, 2.05) is 0 Å². The number of aliphatic hydroxyl groups excluding tert-OH is 3. The van der Waals surface area contributed by atoms with Crippen LogP contribution in [-0.4, -0.2) is 124 Å². The summed E-state index contributed by atoms with van der Waals surface area (Å²) in [7, 11) is 1.01. The maximum absolute atomic E-state index is 12.6. The van der Waals surface area contributed by atoms with Gasteiger partial charge in [0.25, 0.3) is 0 Å². The van der Waals surface area contributed by atoms with E-state index < -0.39 is 91.7 Å². The molecule has 0 saturated heterocycles. The van der Waals surface area contributed by atoms with E-state index in [2.05, 4.69) is 16.0 Å². The average molecular weight is 550 g/mol. The molecule has 0 radical (unpaired) electrons. The van der Waals surface area contributed by atoms with E-state index in [1.165, 1.54) is 6.92 Å². The second kappa shape index (κ2) is 17.0.